The summed E-state index contributed by atoms with van der Waals surface area (Å²) in [7, 11) is 0. The highest BCUT2D eigenvalue weighted by Crippen LogP contribution is 2.35. The molecule has 0 N–H and O–H groups in total. The van der Waals surface area contributed by atoms with Crippen molar-refractivity contribution in [2.75, 3.05) is 11.5 Å². The lowest BCUT2D eigenvalue weighted by atomic mass is 10.2. The number of halogens is 8. The molecular formula is C14H12Cl8N2O4S2. The molecule has 0 atom stereocenters. The van der Waals surface area contributed by atoms with Crippen molar-refractivity contribution in [2.24, 2.45) is 0 Å². The van der Waals surface area contributed by atoms with Crippen molar-refractivity contribution in [2.45, 2.75) is 25.7 Å². The maximum atomic E-state index is 11.0. The second kappa shape index (κ2) is 16.4. The van der Waals surface area contributed by atoms with E-state index in [0.717, 1.165) is 36.4 Å². The van der Waals surface area contributed by atoms with Crippen LogP contribution in [-0.4, -0.2) is 21.4 Å². The number of unbranched alkanes of at least 4 members (excludes halogenated alkanes) is 3. The van der Waals surface area contributed by atoms with E-state index in [2.05, 4.69) is 0 Å². The second-order valence-electron chi connectivity index (χ2n) is 5.02. The van der Waals surface area contributed by atoms with E-state index in [1.807, 2.05) is 0 Å². The van der Waals surface area contributed by atoms with E-state index < -0.39 is 40.3 Å². The Balaban J connectivity index is 4.48. The molecule has 0 aliphatic heterocycles. The molecule has 0 aromatic heterocycles. The molecule has 0 saturated heterocycles. The summed E-state index contributed by atoms with van der Waals surface area (Å²) in [5, 5.41) is 21.2. The van der Waals surface area contributed by atoms with Gasteiger partial charge < -0.3 is 0 Å². The average Bonchev–Trinajstić information content (AvgIpc) is 2.63. The molecule has 30 heavy (non-hydrogen) atoms. The molecule has 6 nitrogen and oxygen atoms in total. The lowest BCUT2D eigenvalue weighted by Gasteiger charge is -2.04. The fourth-order valence-electron chi connectivity index (χ4n) is 1.67. The number of rotatable bonds is 13. The largest absolute Gasteiger partial charge is 0.315 e. The summed E-state index contributed by atoms with van der Waals surface area (Å²) in [6.07, 6.45) is 3.02. The van der Waals surface area contributed by atoms with Crippen LogP contribution in [0.2, 0.25) is 0 Å². The lowest BCUT2D eigenvalue weighted by molar-refractivity contribution is -0.419. The number of hydrogen-bond donors (Lipinski definition) is 0. The zero-order valence-corrected chi connectivity index (χ0v) is 22.3. The molecule has 0 spiro atoms. The summed E-state index contributed by atoms with van der Waals surface area (Å²) in [5.74, 6) is 1.02. The third-order valence-corrected chi connectivity index (χ3v) is 7.75. The van der Waals surface area contributed by atoms with Crippen LogP contribution in [0.25, 0.3) is 0 Å². The Hall–Kier alpha value is 0.780. The highest BCUT2D eigenvalue weighted by molar-refractivity contribution is 8.04. The van der Waals surface area contributed by atoms with Crippen LogP contribution < -0.4 is 0 Å². The highest BCUT2D eigenvalue weighted by Gasteiger charge is 2.25. The Labute approximate surface area is 221 Å². The van der Waals surface area contributed by atoms with E-state index in [9.17, 15) is 20.2 Å². The summed E-state index contributed by atoms with van der Waals surface area (Å²) in [4.78, 5) is 20.6. The van der Waals surface area contributed by atoms with Crippen molar-refractivity contribution in [1.29, 1.82) is 0 Å². The molecule has 170 valence electrons. The normalized spacial score (nSPS) is 12.7. The molecule has 0 amide bonds. The summed E-state index contributed by atoms with van der Waals surface area (Å²) in [5.41, 5.74) is -1.10. The van der Waals surface area contributed by atoms with Crippen molar-refractivity contribution in [3.8, 4) is 0 Å². The molecule has 0 aliphatic carbocycles. The number of nitro groups is 2. The van der Waals surface area contributed by atoms with Crippen LogP contribution in [-0.2, 0) is 0 Å². The zero-order valence-electron chi connectivity index (χ0n) is 14.6. The van der Waals surface area contributed by atoms with Gasteiger partial charge >= 0.3 is 11.4 Å². The van der Waals surface area contributed by atoms with Crippen LogP contribution in [0.1, 0.15) is 25.7 Å². The van der Waals surface area contributed by atoms with Crippen LogP contribution in [0.15, 0.2) is 39.2 Å². The molecule has 0 saturated carbocycles. The molecule has 16 heteroatoms. The molecule has 0 fully saturated rings. The fourth-order valence-corrected chi connectivity index (χ4v) is 5.04. The molecular weight excluding hydrogens is 608 g/mol. The van der Waals surface area contributed by atoms with Gasteiger partial charge in [0.25, 0.3) is 0 Å². The molecule has 0 unspecified atom stereocenters. The third-order valence-electron chi connectivity index (χ3n) is 2.98. The lowest BCUT2D eigenvalue weighted by Crippen LogP contribution is -2.01. The molecule has 0 radical (unpaired) electrons. The van der Waals surface area contributed by atoms with Gasteiger partial charge in [0.1, 0.15) is 8.98 Å². The minimum atomic E-state index is -0.755. The SMILES string of the molecule is O=[N+]([O-])/C(C(Cl)=C(Cl)Cl)=C(/Cl)SCCCCCCS/C(Cl)=C(/C(Cl)=C(Cl)Cl)[N+](=O)[O-]. The summed E-state index contributed by atoms with van der Waals surface area (Å²) in [6, 6.07) is 0. The first kappa shape index (κ1) is 30.8. The number of nitrogens with zero attached hydrogens (tertiary/aromatic N) is 2. The predicted molar refractivity (Wildman–Crippen MR) is 132 cm³/mol. The Bertz CT molecular complexity index is 714. The first-order valence-electron chi connectivity index (χ1n) is 7.67. The first-order chi connectivity index (χ1) is 13.9. The Morgan fingerprint density at radius 3 is 1.13 bits per heavy atom. The van der Waals surface area contributed by atoms with Gasteiger partial charge in [0.15, 0.2) is 18.8 Å². The van der Waals surface area contributed by atoms with Crippen molar-refractivity contribution in [3.63, 3.8) is 0 Å². The van der Waals surface area contributed by atoms with Gasteiger partial charge in [-0.2, -0.15) is 0 Å². The average molecular weight is 620 g/mol. The van der Waals surface area contributed by atoms with Gasteiger partial charge in [-0.3, -0.25) is 20.2 Å². The maximum Gasteiger partial charge on any atom is 0.315 e. The quantitative estimate of drug-likeness (QED) is 0.0884. The van der Waals surface area contributed by atoms with Gasteiger partial charge in [-0.1, -0.05) is 106 Å². The smallest absolute Gasteiger partial charge is 0.258 e. The van der Waals surface area contributed by atoms with Gasteiger partial charge in [-0.25, -0.2) is 0 Å². The van der Waals surface area contributed by atoms with Gasteiger partial charge in [0.2, 0.25) is 0 Å². The van der Waals surface area contributed by atoms with E-state index in [1.54, 1.807) is 0 Å². The van der Waals surface area contributed by atoms with E-state index in [4.69, 9.17) is 92.8 Å². The number of hydrogen-bond acceptors (Lipinski definition) is 6. The van der Waals surface area contributed by atoms with E-state index in [-0.39, 0.29) is 8.73 Å². The molecule has 0 bridgehead atoms. The predicted octanol–water partition coefficient (Wildman–Crippen LogP) is 9.15. The van der Waals surface area contributed by atoms with Crippen molar-refractivity contribution in [1.82, 2.24) is 0 Å². The standard InChI is InChI=1S/C14H12Cl8N2O4S2/c15-7(11(17)18)9(23(25)26)13(21)29-5-3-1-2-4-6-30-14(22)10(24(27)28)8(16)12(19)20/h1-6H2/b13-9-,14-10-. The molecule has 0 heterocycles. The van der Waals surface area contributed by atoms with Gasteiger partial charge in [-0.15, -0.1) is 23.5 Å². The maximum absolute atomic E-state index is 11.0. The van der Waals surface area contributed by atoms with Gasteiger partial charge in [-0.05, 0) is 24.3 Å². The summed E-state index contributed by atoms with van der Waals surface area (Å²) < 4.78 is -1.13. The first-order valence-corrected chi connectivity index (χ1v) is 12.7. The molecule has 0 aliphatic rings. The Kier molecular flexibility index (Phi) is 16.8. The molecule has 0 rings (SSSR count). The van der Waals surface area contributed by atoms with Crippen LogP contribution in [0.3, 0.4) is 0 Å². The fraction of sp³-hybridized carbons (Fsp3) is 0.429. The third kappa shape index (κ3) is 11.6. The molecule has 0 aromatic carbocycles. The summed E-state index contributed by atoms with van der Waals surface area (Å²) in [6.45, 7) is 0. The van der Waals surface area contributed by atoms with Crippen molar-refractivity contribution < 1.29 is 9.85 Å². The van der Waals surface area contributed by atoms with E-state index in [1.165, 1.54) is 0 Å². The van der Waals surface area contributed by atoms with Crippen LogP contribution in [0, 0.1) is 20.2 Å². The minimum absolute atomic E-state index is 0.119. The van der Waals surface area contributed by atoms with Crippen LogP contribution in [0.5, 0.6) is 0 Å². The zero-order chi connectivity index (χ0) is 23.4. The van der Waals surface area contributed by atoms with Crippen molar-refractivity contribution in [3.05, 3.63) is 59.4 Å². The highest BCUT2D eigenvalue weighted by atomic mass is 35.5. The topological polar surface area (TPSA) is 86.3 Å². The summed E-state index contributed by atoms with van der Waals surface area (Å²) >= 11 is 47.3. The van der Waals surface area contributed by atoms with E-state index >= 15 is 0 Å². The Morgan fingerprint density at radius 2 is 0.900 bits per heavy atom. The second-order valence-corrected chi connectivity index (χ2v) is 11.1. The van der Waals surface area contributed by atoms with Crippen LogP contribution in [0.4, 0.5) is 0 Å². The molecule has 0 aromatic rings. The van der Waals surface area contributed by atoms with Gasteiger partial charge in [0.05, 0.1) is 9.85 Å². The monoisotopic (exact) mass is 616 g/mol. The minimum Gasteiger partial charge on any atom is -0.258 e. The van der Waals surface area contributed by atoms with Crippen LogP contribution >= 0.6 is 116 Å². The number of thioether (sulfide) groups is 2. The Morgan fingerprint density at radius 1 is 0.600 bits per heavy atom. The van der Waals surface area contributed by atoms with Gasteiger partial charge in [0, 0.05) is 0 Å². The number of allylic oxidation sites excluding steroid dienone is 2. The van der Waals surface area contributed by atoms with E-state index in [0.29, 0.717) is 24.3 Å². The van der Waals surface area contributed by atoms with Crippen molar-refractivity contribution >= 4 is 116 Å².